The molecule has 0 unspecified atom stereocenters. The van der Waals surface area contributed by atoms with Crippen LogP contribution < -0.4 is 10.0 Å². The molecule has 0 saturated heterocycles. The maximum atomic E-state index is 12.8. The number of carboxylic acids is 1. The van der Waals surface area contributed by atoms with Gasteiger partial charge in [-0.25, -0.2) is 17.9 Å². The number of nitrogens with one attached hydrogen (secondary N) is 2. The zero-order valence-electron chi connectivity index (χ0n) is 16.7. The predicted octanol–water partition coefficient (Wildman–Crippen LogP) is 4.60. The number of anilines is 1. The maximum Gasteiger partial charge on any atom is 0.337 e. The van der Waals surface area contributed by atoms with Crippen LogP contribution >= 0.6 is 0 Å². The van der Waals surface area contributed by atoms with Crippen LogP contribution in [0.2, 0.25) is 0 Å². The lowest BCUT2D eigenvalue weighted by molar-refractivity contribution is 0.0697. The van der Waals surface area contributed by atoms with E-state index in [1.54, 1.807) is 6.92 Å². The molecule has 0 aliphatic carbocycles. The Morgan fingerprint density at radius 1 is 0.833 bits per heavy atom. The largest absolute Gasteiger partial charge is 0.478 e. The van der Waals surface area contributed by atoms with Crippen LogP contribution in [0.25, 0.3) is 0 Å². The summed E-state index contributed by atoms with van der Waals surface area (Å²) >= 11 is 0. The number of hydrogen-bond acceptors (Lipinski definition) is 4. The molecule has 0 fully saturated rings. The zero-order chi connectivity index (χ0) is 21.7. The molecule has 30 heavy (non-hydrogen) atoms. The normalized spacial score (nSPS) is 13.4. The highest BCUT2D eigenvalue weighted by molar-refractivity contribution is 7.89. The van der Waals surface area contributed by atoms with Crippen molar-refractivity contribution in [3.05, 3.63) is 95.6 Å². The van der Waals surface area contributed by atoms with Crippen LogP contribution in [0.5, 0.6) is 0 Å². The predicted molar refractivity (Wildman–Crippen MR) is 117 cm³/mol. The quantitative estimate of drug-likeness (QED) is 0.491. The van der Waals surface area contributed by atoms with Crippen molar-refractivity contribution in [2.75, 3.05) is 5.32 Å². The minimum Gasteiger partial charge on any atom is -0.478 e. The molecule has 0 saturated carbocycles. The third kappa shape index (κ3) is 5.06. The van der Waals surface area contributed by atoms with E-state index in [9.17, 15) is 18.3 Å². The van der Waals surface area contributed by atoms with Crippen LogP contribution in [0.1, 0.15) is 47.4 Å². The van der Waals surface area contributed by atoms with Crippen molar-refractivity contribution in [3.8, 4) is 0 Å². The van der Waals surface area contributed by atoms with Crippen LogP contribution in [-0.2, 0) is 10.0 Å². The molecule has 3 N–H and O–H groups in total. The molecular formula is C23H24N2O4S. The summed E-state index contributed by atoms with van der Waals surface area (Å²) in [5.41, 5.74) is 2.06. The Labute approximate surface area is 176 Å². The van der Waals surface area contributed by atoms with Crippen LogP contribution in [0.15, 0.2) is 83.8 Å². The van der Waals surface area contributed by atoms with E-state index in [0.29, 0.717) is 5.69 Å². The van der Waals surface area contributed by atoms with Crippen LogP contribution in [-0.4, -0.2) is 19.5 Å². The average molecular weight is 425 g/mol. The summed E-state index contributed by atoms with van der Waals surface area (Å²) in [6.07, 6.45) is 0. The van der Waals surface area contributed by atoms with Crippen LogP contribution in [0.4, 0.5) is 5.69 Å². The molecule has 0 bridgehead atoms. The first-order valence-corrected chi connectivity index (χ1v) is 11.0. The Bertz CT molecular complexity index is 1120. The van der Waals surface area contributed by atoms with E-state index in [-0.39, 0.29) is 16.5 Å². The average Bonchev–Trinajstić information content (AvgIpc) is 2.74. The lowest BCUT2D eigenvalue weighted by atomic mass is 10.1. The van der Waals surface area contributed by atoms with E-state index in [4.69, 9.17) is 0 Å². The van der Waals surface area contributed by atoms with E-state index in [1.165, 1.54) is 18.2 Å². The van der Waals surface area contributed by atoms with Gasteiger partial charge in [-0.1, -0.05) is 60.7 Å². The van der Waals surface area contributed by atoms with Crippen LogP contribution in [0, 0.1) is 0 Å². The molecule has 0 radical (unpaired) electrons. The van der Waals surface area contributed by atoms with Crippen molar-refractivity contribution in [1.29, 1.82) is 0 Å². The summed E-state index contributed by atoms with van der Waals surface area (Å²) in [5.74, 6) is -1.20. The second-order valence-corrected chi connectivity index (χ2v) is 8.76. The highest BCUT2D eigenvalue weighted by Crippen LogP contribution is 2.26. The number of hydrogen-bond donors (Lipinski definition) is 3. The minimum absolute atomic E-state index is 0.0967. The number of sulfonamides is 1. The van der Waals surface area contributed by atoms with E-state index in [2.05, 4.69) is 10.0 Å². The van der Waals surface area contributed by atoms with Crippen molar-refractivity contribution >= 4 is 21.7 Å². The topological polar surface area (TPSA) is 95.5 Å². The molecule has 6 nitrogen and oxygen atoms in total. The van der Waals surface area contributed by atoms with Gasteiger partial charge in [0.1, 0.15) is 0 Å². The first-order valence-electron chi connectivity index (χ1n) is 9.54. The monoisotopic (exact) mass is 424 g/mol. The van der Waals surface area contributed by atoms with E-state index in [1.807, 2.05) is 67.6 Å². The third-order valence-corrected chi connectivity index (χ3v) is 6.37. The summed E-state index contributed by atoms with van der Waals surface area (Å²) < 4.78 is 28.2. The fourth-order valence-corrected chi connectivity index (χ4v) is 4.42. The van der Waals surface area contributed by atoms with Crippen molar-refractivity contribution < 1.29 is 18.3 Å². The molecule has 0 aromatic heterocycles. The minimum atomic E-state index is -3.90. The van der Waals surface area contributed by atoms with E-state index in [0.717, 1.165) is 11.1 Å². The molecule has 0 aliphatic rings. The maximum absolute atomic E-state index is 12.8. The SMILES string of the molecule is C[C@H](NS(=O)(=O)c1ccc(N[C@H](C)c2ccccc2)c(C(=O)O)c1)c1ccccc1. The molecule has 156 valence electrons. The van der Waals surface area contributed by atoms with Gasteiger partial charge in [-0.3, -0.25) is 0 Å². The Hall–Kier alpha value is -3.16. The molecule has 7 heteroatoms. The standard InChI is InChI=1S/C23H24N2O4S/c1-16(18-9-5-3-6-10-18)24-22-14-13-20(15-21(22)23(26)27)30(28,29)25-17(2)19-11-7-4-8-12-19/h3-17,24-25H,1-2H3,(H,26,27)/t16-,17+/m1/s1. The fraction of sp³-hybridized carbons (Fsp3) is 0.174. The van der Waals surface area contributed by atoms with Gasteiger partial charge in [-0.2, -0.15) is 0 Å². The smallest absolute Gasteiger partial charge is 0.337 e. The van der Waals surface area contributed by atoms with Gasteiger partial charge >= 0.3 is 5.97 Å². The van der Waals surface area contributed by atoms with E-state index < -0.39 is 22.0 Å². The molecule has 0 heterocycles. The van der Waals surface area contributed by atoms with Gasteiger partial charge in [0.25, 0.3) is 0 Å². The molecule has 0 aliphatic heterocycles. The lowest BCUT2D eigenvalue weighted by Crippen LogP contribution is -2.27. The summed E-state index contributed by atoms with van der Waals surface area (Å²) in [4.78, 5) is 11.7. The van der Waals surface area contributed by atoms with Gasteiger partial charge in [-0.15, -0.1) is 0 Å². The molecule has 3 aromatic rings. The molecule has 3 rings (SSSR count). The molecule has 2 atom stereocenters. The highest BCUT2D eigenvalue weighted by atomic mass is 32.2. The summed E-state index contributed by atoms with van der Waals surface area (Å²) in [6.45, 7) is 3.65. The van der Waals surface area contributed by atoms with Crippen LogP contribution in [0.3, 0.4) is 0 Å². The number of carbonyl (C=O) groups is 1. The summed E-state index contributed by atoms with van der Waals surface area (Å²) in [7, 11) is -3.90. The summed E-state index contributed by atoms with van der Waals surface area (Å²) in [5, 5.41) is 12.8. The fourth-order valence-electron chi connectivity index (χ4n) is 3.16. The Morgan fingerprint density at radius 3 is 1.90 bits per heavy atom. The lowest BCUT2D eigenvalue weighted by Gasteiger charge is -2.19. The Balaban J connectivity index is 1.86. The number of rotatable bonds is 8. The molecule has 0 amide bonds. The number of aromatic carboxylic acids is 1. The first kappa shape index (κ1) is 21.5. The molecule has 0 spiro atoms. The zero-order valence-corrected chi connectivity index (χ0v) is 17.6. The van der Waals surface area contributed by atoms with Crippen molar-refractivity contribution in [1.82, 2.24) is 4.72 Å². The second kappa shape index (κ2) is 9.11. The van der Waals surface area contributed by atoms with Crippen molar-refractivity contribution in [2.45, 2.75) is 30.8 Å². The first-order chi connectivity index (χ1) is 14.3. The van der Waals surface area contributed by atoms with Gasteiger partial charge in [0.15, 0.2) is 0 Å². The van der Waals surface area contributed by atoms with Gasteiger partial charge in [0, 0.05) is 17.8 Å². The molecule has 3 aromatic carbocycles. The summed E-state index contributed by atoms with van der Waals surface area (Å²) in [6, 6.07) is 22.2. The van der Waals surface area contributed by atoms with Gasteiger partial charge < -0.3 is 10.4 Å². The molecular weight excluding hydrogens is 400 g/mol. The third-order valence-electron chi connectivity index (χ3n) is 4.83. The van der Waals surface area contributed by atoms with Crippen molar-refractivity contribution in [2.24, 2.45) is 0 Å². The van der Waals surface area contributed by atoms with Gasteiger partial charge in [0.05, 0.1) is 10.5 Å². The second-order valence-electron chi connectivity index (χ2n) is 7.04. The van der Waals surface area contributed by atoms with Gasteiger partial charge in [-0.05, 0) is 43.2 Å². The van der Waals surface area contributed by atoms with Gasteiger partial charge in [0.2, 0.25) is 10.0 Å². The number of carboxylic acid groups (broad SMARTS) is 1. The van der Waals surface area contributed by atoms with E-state index >= 15 is 0 Å². The highest BCUT2D eigenvalue weighted by Gasteiger charge is 2.22. The Morgan fingerprint density at radius 2 is 1.37 bits per heavy atom. The number of benzene rings is 3. The Kier molecular flexibility index (Phi) is 6.54. The van der Waals surface area contributed by atoms with Crippen molar-refractivity contribution in [3.63, 3.8) is 0 Å².